The molecule has 94 valence electrons. The van der Waals surface area contributed by atoms with E-state index in [0.29, 0.717) is 0 Å². The zero-order chi connectivity index (χ0) is 13.1. The maximum atomic E-state index is 6.21. The zero-order valence-electron chi connectivity index (χ0n) is 11.0. The summed E-state index contributed by atoms with van der Waals surface area (Å²) < 4.78 is 0. The number of halogens is 1. The summed E-state index contributed by atoms with van der Waals surface area (Å²) in [7, 11) is 1.98. The fourth-order valence-electron chi connectivity index (χ4n) is 2.20. The first-order chi connectivity index (χ1) is 8.63. The molecule has 0 aliphatic rings. The Bertz CT molecular complexity index is 549. The zero-order valence-corrected chi connectivity index (χ0v) is 11.8. The number of hydrogen-bond donors (Lipinski definition) is 1. The molecule has 0 saturated carbocycles. The lowest BCUT2D eigenvalue weighted by Crippen LogP contribution is -2.18. The van der Waals surface area contributed by atoms with Crippen LogP contribution in [-0.4, -0.2) is 7.05 Å². The minimum absolute atomic E-state index is 0.185. The fourth-order valence-corrected chi connectivity index (χ4v) is 2.39. The molecule has 2 aromatic carbocycles. The van der Waals surface area contributed by atoms with Crippen molar-refractivity contribution in [3.05, 3.63) is 69.7 Å². The number of aryl methyl sites for hydroxylation is 2. The first kappa shape index (κ1) is 13.1. The Morgan fingerprint density at radius 2 is 1.72 bits per heavy atom. The molecule has 1 nitrogen and oxygen atoms in total. The van der Waals surface area contributed by atoms with E-state index in [2.05, 4.69) is 48.6 Å². The lowest BCUT2D eigenvalue weighted by atomic mass is 9.94. The van der Waals surface area contributed by atoms with Crippen molar-refractivity contribution in [2.45, 2.75) is 19.9 Å². The molecule has 0 saturated heterocycles. The molecule has 0 fully saturated rings. The molecule has 0 spiro atoms. The highest BCUT2D eigenvalue weighted by Crippen LogP contribution is 2.27. The third-order valence-electron chi connectivity index (χ3n) is 3.32. The summed E-state index contributed by atoms with van der Waals surface area (Å²) in [5, 5.41) is 4.18. The van der Waals surface area contributed by atoms with Crippen LogP contribution in [0.4, 0.5) is 0 Å². The minimum Gasteiger partial charge on any atom is -0.309 e. The number of rotatable bonds is 3. The van der Waals surface area contributed by atoms with Crippen LogP contribution in [0.2, 0.25) is 5.02 Å². The van der Waals surface area contributed by atoms with Crippen LogP contribution in [0.3, 0.4) is 0 Å². The number of nitrogens with one attached hydrogen (secondary N) is 1. The molecular weight excluding hydrogens is 242 g/mol. The van der Waals surface area contributed by atoms with Gasteiger partial charge in [-0.1, -0.05) is 48.0 Å². The monoisotopic (exact) mass is 259 g/mol. The molecule has 0 aliphatic heterocycles. The summed E-state index contributed by atoms with van der Waals surface area (Å²) in [6, 6.07) is 14.9. The van der Waals surface area contributed by atoms with Crippen LogP contribution in [0.5, 0.6) is 0 Å². The summed E-state index contributed by atoms with van der Waals surface area (Å²) in [6.45, 7) is 4.16. The molecule has 1 unspecified atom stereocenters. The average molecular weight is 260 g/mol. The Kier molecular flexibility index (Phi) is 4.05. The number of hydrogen-bond acceptors (Lipinski definition) is 1. The van der Waals surface area contributed by atoms with Crippen LogP contribution in [-0.2, 0) is 0 Å². The Balaban J connectivity index is 2.45. The van der Waals surface area contributed by atoms with Crippen molar-refractivity contribution in [2.24, 2.45) is 0 Å². The second-order valence-corrected chi connectivity index (χ2v) is 4.99. The molecule has 0 amide bonds. The predicted molar refractivity (Wildman–Crippen MR) is 78.3 cm³/mol. The number of benzene rings is 2. The van der Waals surface area contributed by atoms with Crippen LogP contribution in [0.15, 0.2) is 42.5 Å². The first-order valence-corrected chi connectivity index (χ1v) is 6.50. The molecule has 1 atom stereocenters. The van der Waals surface area contributed by atoms with Crippen LogP contribution < -0.4 is 5.32 Å². The second kappa shape index (κ2) is 5.55. The normalized spacial score (nSPS) is 12.4. The van der Waals surface area contributed by atoms with Gasteiger partial charge in [0.25, 0.3) is 0 Å². The summed E-state index contributed by atoms with van der Waals surface area (Å²) in [4.78, 5) is 0. The quantitative estimate of drug-likeness (QED) is 0.868. The summed E-state index contributed by atoms with van der Waals surface area (Å²) in [5.41, 5.74) is 4.89. The van der Waals surface area contributed by atoms with Crippen molar-refractivity contribution in [3.8, 4) is 0 Å². The lowest BCUT2D eigenvalue weighted by molar-refractivity contribution is 0.687. The van der Waals surface area contributed by atoms with Gasteiger partial charge >= 0.3 is 0 Å². The van der Waals surface area contributed by atoms with Gasteiger partial charge in [0, 0.05) is 5.02 Å². The third-order valence-corrected chi connectivity index (χ3v) is 3.72. The van der Waals surface area contributed by atoms with Gasteiger partial charge in [-0.3, -0.25) is 0 Å². The molecule has 0 bridgehead atoms. The van der Waals surface area contributed by atoms with Crippen molar-refractivity contribution >= 4 is 11.6 Å². The Morgan fingerprint density at radius 3 is 2.33 bits per heavy atom. The Morgan fingerprint density at radius 1 is 1.00 bits per heavy atom. The van der Waals surface area contributed by atoms with Crippen molar-refractivity contribution < 1.29 is 0 Å². The SMILES string of the molecule is CNC(c1ccc(C)c(Cl)c1)c1ccccc1C. The Labute approximate surface area is 114 Å². The minimum atomic E-state index is 0.185. The summed E-state index contributed by atoms with van der Waals surface area (Å²) in [6.07, 6.45) is 0. The van der Waals surface area contributed by atoms with Gasteiger partial charge in [-0.05, 0) is 49.2 Å². The van der Waals surface area contributed by atoms with Gasteiger partial charge in [0.05, 0.1) is 6.04 Å². The first-order valence-electron chi connectivity index (χ1n) is 6.12. The van der Waals surface area contributed by atoms with Gasteiger partial charge in [-0.25, -0.2) is 0 Å². The largest absolute Gasteiger partial charge is 0.309 e. The average Bonchev–Trinajstić information content (AvgIpc) is 2.37. The highest BCUT2D eigenvalue weighted by Gasteiger charge is 2.14. The van der Waals surface area contributed by atoms with E-state index in [1.165, 1.54) is 16.7 Å². The highest BCUT2D eigenvalue weighted by molar-refractivity contribution is 6.31. The molecule has 0 radical (unpaired) electrons. The maximum Gasteiger partial charge on any atom is 0.0577 e. The topological polar surface area (TPSA) is 12.0 Å². The third kappa shape index (κ3) is 2.58. The molecule has 1 N–H and O–H groups in total. The van der Waals surface area contributed by atoms with E-state index in [1.54, 1.807) is 0 Å². The molecule has 2 aromatic rings. The van der Waals surface area contributed by atoms with Crippen LogP contribution in [0.1, 0.15) is 28.3 Å². The van der Waals surface area contributed by atoms with Gasteiger partial charge < -0.3 is 5.32 Å². The molecule has 2 heteroatoms. The van der Waals surface area contributed by atoms with E-state index >= 15 is 0 Å². The van der Waals surface area contributed by atoms with Crippen LogP contribution in [0, 0.1) is 13.8 Å². The second-order valence-electron chi connectivity index (χ2n) is 4.59. The highest BCUT2D eigenvalue weighted by atomic mass is 35.5. The summed E-state index contributed by atoms with van der Waals surface area (Å²) in [5.74, 6) is 0. The van der Waals surface area contributed by atoms with Crippen molar-refractivity contribution in [1.82, 2.24) is 5.32 Å². The molecule has 0 aliphatic carbocycles. The molecule has 0 heterocycles. The molecular formula is C16H18ClN. The van der Waals surface area contributed by atoms with Gasteiger partial charge in [-0.2, -0.15) is 0 Å². The van der Waals surface area contributed by atoms with E-state index in [9.17, 15) is 0 Å². The van der Waals surface area contributed by atoms with E-state index in [-0.39, 0.29) is 6.04 Å². The van der Waals surface area contributed by atoms with Gasteiger partial charge in [0.1, 0.15) is 0 Å². The van der Waals surface area contributed by atoms with E-state index in [0.717, 1.165) is 10.6 Å². The van der Waals surface area contributed by atoms with Crippen LogP contribution in [0.25, 0.3) is 0 Å². The molecule has 0 aromatic heterocycles. The predicted octanol–water partition coefficient (Wildman–Crippen LogP) is 4.27. The lowest BCUT2D eigenvalue weighted by Gasteiger charge is -2.20. The van der Waals surface area contributed by atoms with E-state index in [4.69, 9.17) is 11.6 Å². The van der Waals surface area contributed by atoms with Crippen molar-refractivity contribution in [1.29, 1.82) is 0 Å². The van der Waals surface area contributed by atoms with E-state index in [1.807, 2.05) is 20.0 Å². The van der Waals surface area contributed by atoms with Crippen molar-refractivity contribution in [2.75, 3.05) is 7.05 Å². The Hall–Kier alpha value is -1.31. The smallest absolute Gasteiger partial charge is 0.0577 e. The van der Waals surface area contributed by atoms with Crippen LogP contribution >= 0.6 is 11.6 Å². The van der Waals surface area contributed by atoms with Crippen molar-refractivity contribution in [3.63, 3.8) is 0 Å². The molecule has 18 heavy (non-hydrogen) atoms. The fraction of sp³-hybridized carbons (Fsp3) is 0.250. The standard InChI is InChI=1S/C16H18ClN/c1-11-6-4-5-7-14(11)16(18-3)13-9-8-12(2)15(17)10-13/h4-10,16,18H,1-3H3. The molecule has 2 rings (SSSR count). The maximum absolute atomic E-state index is 6.21. The van der Waals surface area contributed by atoms with Gasteiger partial charge in [-0.15, -0.1) is 0 Å². The van der Waals surface area contributed by atoms with Gasteiger partial charge in [0.2, 0.25) is 0 Å². The summed E-state index contributed by atoms with van der Waals surface area (Å²) >= 11 is 6.21. The van der Waals surface area contributed by atoms with Gasteiger partial charge in [0.15, 0.2) is 0 Å². The van der Waals surface area contributed by atoms with E-state index < -0.39 is 0 Å².